The summed E-state index contributed by atoms with van der Waals surface area (Å²) in [6.07, 6.45) is 4.25. The van der Waals surface area contributed by atoms with Crippen LogP contribution in [0.3, 0.4) is 0 Å². The predicted octanol–water partition coefficient (Wildman–Crippen LogP) is 4.27. The van der Waals surface area contributed by atoms with Crippen molar-refractivity contribution in [1.82, 2.24) is 14.8 Å². The van der Waals surface area contributed by atoms with Gasteiger partial charge in [-0.15, -0.1) is 10.2 Å². The number of hydrogen-bond acceptors (Lipinski definition) is 6. The molecule has 174 valence electrons. The first-order chi connectivity index (χ1) is 16.1. The molecule has 0 spiro atoms. The number of ether oxygens (including phenoxy) is 3. The molecule has 9 nitrogen and oxygen atoms in total. The summed E-state index contributed by atoms with van der Waals surface area (Å²) in [5.41, 5.74) is 1.28. The molecular formula is C24H29N5O4. The second kappa shape index (κ2) is 10.2. The number of nitrogens with zero attached hydrogens (tertiary/aromatic N) is 4. The van der Waals surface area contributed by atoms with Crippen molar-refractivity contribution >= 4 is 17.4 Å². The minimum Gasteiger partial charge on any atom is -0.497 e. The van der Waals surface area contributed by atoms with E-state index in [9.17, 15) is 4.79 Å². The Morgan fingerprint density at radius 3 is 2.64 bits per heavy atom. The van der Waals surface area contributed by atoms with Crippen molar-refractivity contribution in [3.8, 4) is 17.2 Å². The van der Waals surface area contributed by atoms with Gasteiger partial charge in [-0.3, -0.25) is 4.90 Å². The van der Waals surface area contributed by atoms with E-state index in [4.69, 9.17) is 14.2 Å². The fraction of sp³-hybridized carbons (Fsp3) is 0.375. The van der Waals surface area contributed by atoms with Gasteiger partial charge in [0.2, 0.25) is 0 Å². The summed E-state index contributed by atoms with van der Waals surface area (Å²) < 4.78 is 18.2. The zero-order valence-electron chi connectivity index (χ0n) is 19.2. The maximum atomic E-state index is 13.5. The largest absolute Gasteiger partial charge is 0.497 e. The van der Waals surface area contributed by atoms with E-state index in [2.05, 4.69) is 20.1 Å². The van der Waals surface area contributed by atoms with Crippen molar-refractivity contribution in [1.29, 1.82) is 0 Å². The SMILES string of the molecule is COc1cccc(NC(=O)N(Cc2nnc3n2CCCCC3)c2ccc(OC)c(OC)c2)c1. The molecule has 0 atom stereocenters. The molecule has 1 N–H and O–H groups in total. The second-order valence-electron chi connectivity index (χ2n) is 7.78. The number of aryl methyl sites for hydroxylation is 1. The summed E-state index contributed by atoms with van der Waals surface area (Å²) in [6, 6.07) is 12.3. The molecule has 1 aliphatic heterocycles. The second-order valence-corrected chi connectivity index (χ2v) is 7.78. The Bertz CT molecular complexity index is 1110. The third-order valence-electron chi connectivity index (χ3n) is 5.73. The molecule has 0 bridgehead atoms. The molecule has 2 amide bonds. The van der Waals surface area contributed by atoms with E-state index in [0.717, 1.165) is 37.5 Å². The first-order valence-corrected chi connectivity index (χ1v) is 11.0. The number of carbonyl (C=O) groups is 1. The molecule has 0 saturated heterocycles. The summed E-state index contributed by atoms with van der Waals surface area (Å²) in [5.74, 6) is 3.51. The lowest BCUT2D eigenvalue weighted by Gasteiger charge is -2.24. The number of methoxy groups -OCH3 is 3. The molecular weight excluding hydrogens is 422 g/mol. The summed E-state index contributed by atoms with van der Waals surface area (Å²) >= 11 is 0. The maximum Gasteiger partial charge on any atom is 0.326 e. The van der Waals surface area contributed by atoms with Crippen LogP contribution in [0.25, 0.3) is 0 Å². The smallest absolute Gasteiger partial charge is 0.326 e. The number of fused-ring (bicyclic) bond motifs is 1. The zero-order chi connectivity index (χ0) is 23.2. The molecule has 0 radical (unpaired) electrons. The van der Waals surface area contributed by atoms with Gasteiger partial charge in [0.25, 0.3) is 0 Å². The van der Waals surface area contributed by atoms with Gasteiger partial charge in [0.1, 0.15) is 11.6 Å². The van der Waals surface area contributed by atoms with E-state index >= 15 is 0 Å². The Labute approximate surface area is 193 Å². The fourth-order valence-electron chi connectivity index (χ4n) is 3.97. The molecule has 9 heteroatoms. The van der Waals surface area contributed by atoms with Crippen LogP contribution in [0.1, 0.15) is 30.9 Å². The molecule has 0 aliphatic carbocycles. The molecule has 33 heavy (non-hydrogen) atoms. The highest BCUT2D eigenvalue weighted by molar-refractivity contribution is 6.01. The average molecular weight is 452 g/mol. The number of carbonyl (C=O) groups excluding carboxylic acids is 1. The van der Waals surface area contributed by atoms with E-state index in [1.165, 1.54) is 6.42 Å². The van der Waals surface area contributed by atoms with Gasteiger partial charge in [0.15, 0.2) is 17.3 Å². The molecule has 0 fully saturated rings. The molecule has 2 heterocycles. The van der Waals surface area contributed by atoms with Crippen molar-refractivity contribution < 1.29 is 19.0 Å². The first-order valence-electron chi connectivity index (χ1n) is 11.0. The number of rotatable bonds is 7. The number of nitrogens with one attached hydrogen (secondary N) is 1. The molecule has 0 saturated carbocycles. The van der Waals surface area contributed by atoms with E-state index in [1.54, 1.807) is 44.4 Å². The number of urea groups is 1. The van der Waals surface area contributed by atoms with Gasteiger partial charge in [-0.2, -0.15) is 0 Å². The van der Waals surface area contributed by atoms with Crippen LogP contribution in [0.15, 0.2) is 42.5 Å². The van der Waals surface area contributed by atoms with Crippen LogP contribution in [0.5, 0.6) is 17.2 Å². The van der Waals surface area contributed by atoms with Crippen molar-refractivity contribution in [2.75, 3.05) is 31.5 Å². The van der Waals surface area contributed by atoms with Gasteiger partial charge in [-0.1, -0.05) is 12.5 Å². The van der Waals surface area contributed by atoms with E-state index in [1.807, 2.05) is 24.3 Å². The van der Waals surface area contributed by atoms with Crippen LogP contribution >= 0.6 is 0 Å². The van der Waals surface area contributed by atoms with Crippen LogP contribution in [-0.2, 0) is 19.5 Å². The van der Waals surface area contributed by atoms with Crippen molar-refractivity contribution in [2.24, 2.45) is 0 Å². The van der Waals surface area contributed by atoms with E-state index in [0.29, 0.717) is 28.6 Å². The van der Waals surface area contributed by atoms with Crippen LogP contribution in [0, 0.1) is 0 Å². The highest BCUT2D eigenvalue weighted by Crippen LogP contribution is 2.32. The Hall–Kier alpha value is -3.75. The Balaban J connectivity index is 1.67. The van der Waals surface area contributed by atoms with Crippen LogP contribution in [0.4, 0.5) is 16.2 Å². The first kappa shape index (κ1) is 22.4. The van der Waals surface area contributed by atoms with E-state index < -0.39 is 0 Å². The zero-order valence-corrected chi connectivity index (χ0v) is 19.2. The molecule has 4 rings (SSSR count). The Kier molecular flexibility index (Phi) is 6.97. The molecule has 2 aromatic carbocycles. The number of benzene rings is 2. The van der Waals surface area contributed by atoms with Gasteiger partial charge >= 0.3 is 6.03 Å². The maximum absolute atomic E-state index is 13.5. The quantitative estimate of drug-likeness (QED) is 0.577. The third-order valence-corrected chi connectivity index (χ3v) is 5.73. The van der Waals surface area contributed by atoms with Crippen molar-refractivity contribution in [2.45, 2.75) is 38.8 Å². The number of amides is 2. The minimum atomic E-state index is -0.304. The van der Waals surface area contributed by atoms with Crippen LogP contribution in [0.2, 0.25) is 0 Å². The fourth-order valence-corrected chi connectivity index (χ4v) is 3.97. The molecule has 1 aromatic heterocycles. The highest BCUT2D eigenvalue weighted by Gasteiger charge is 2.23. The number of hydrogen-bond donors (Lipinski definition) is 1. The average Bonchev–Trinajstić information content (AvgIpc) is 3.07. The summed E-state index contributed by atoms with van der Waals surface area (Å²) in [5, 5.41) is 11.8. The highest BCUT2D eigenvalue weighted by atomic mass is 16.5. The van der Waals surface area contributed by atoms with Gasteiger partial charge in [0.05, 0.1) is 27.9 Å². The number of aromatic nitrogens is 3. The standard InChI is InChI=1S/C24H29N5O4/c1-31-19-9-7-8-17(14-19)25-24(30)29(18-11-12-20(32-2)21(15-18)33-3)16-23-27-26-22-10-5-4-6-13-28(22)23/h7-9,11-12,14-15H,4-6,10,13,16H2,1-3H3,(H,25,30). The summed E-state index contributed by atoms with van der Waals surface area (Å²) in [4.78, 5) is 15.1. The van der Waals surface area contributed by atoms with E-state index in [-0.39, 0.29) is 12.6 Å². The molecule has 3 aromatic rings. The normalized spacial score (nSPS) is 12.9. The van der Waals surface area contributed by atoms with Gasteiger partial charge in [-0.25, -0.2) is 4.79 Å². The lowest BCUT2D eigenvalue weighted by molar-refractivity contribution is 0.256. The van der Waals surface area contributed by atoms with Gasteiger partial charge in [-0.05, 0) is 37.1 Å². The molecule has 0 unspecified atom stereocenters. The number of anilines is 2. The monoisotopic (exact) mass is 451 g/mol. The lowest BCUT2D eigenvalue weighted by Crippen LogP contribution is -2.35. The minimum absolute atomic E-state index is 0.262. The van der Waals surface area contributed by atoms with Crippen molar-refractivity contribution in [3.05, 3.63) is 54.1 Å². The van der Waals surface area contributed by atoms with Crippen molar-refractivity contribution in [3.63, 3.8) is 0 Å². The molecule has 1 aliphatic rings. The summed E-state index contributed by atoms with van der Waals surface area (Å²) in [7, 11) is 4.74. The lowest BCUT2D eigenvalue weighted by atomic mass is 10.2. The Morgan fingerprint density at radius 1 is 1.00 bits per heavy atom. The predicted molar refractivity (Wildman–Crippen MR) is 125 cm³/mol. The third kappa shape index (κ3) is 5.02. The Morgan fingerprint density at radius 2 is 1.85 bits per heavy atom. The van der Waals surface area contributed by atoms with Gasteiger partial charge in [0, 0.05) is 36.5 Å². The van der Waals surface area contributed by atoms with Crippen LogP contribution < -0.4 is 24.4 Å². The van der Waals surface area contributed by atoms with Gasteiger partial charge < -0.3 is 24.1 Å². The summed E-state index contributed by atoms with van der Waals surface area (Å²) in [6.45, 7) is 1.12. The van der Waals surface area contributed by atoms with Crippen LogP contribution in [-0.4, -0.2) is 42.1 Å². The topological polar surface area (TPSA) is 90.7 Å².